The van der Waals surface area contributed by atoms with Crippen LogP contribution in [0, 0.1) is 0 Å². The van der Waals surface area contributed by atoms with Gasteiger partial charge in [-0.3, -0.25) is 0 Å². The molecule has 1 unspecified atom stereocenters. The highest BCUT2D eigenvalue weighted by Gasteiger charge is 2.29. The topological polar surface area (TPSA) is 67.3 Å². The third kappa shape index (κ3) is 4.08. The highest BCUT2D eigenvalue weighted by molar-refractivity contribution is 5.68. The molecule has 6 nitrogen and oxygen atoms in total. The van der Waals surface area contributed by atoms with Crippen molar-refractivity contribution < 1.29 is 9.53 Å². The molecule has 0 spiro atoms. The maximum Gasteiger partial charge on any atom is 0.410 e. The third-order valence-electron chi connectivity index (χ3n) is 2.77. The van der Waals surface area contributed by atoms with Crippen molar-refractivity contribution in [3.8, 4) is 0 Å². The van der Waals surface area contributed by atoms with Crippen molar-refractivity contribution in [2.75, 3.05) is 18.4 Å². The van der Waals surface area contributed by atoms with Crippen molar-refractivity contribution in [3.63, 3.8) is 0 Å². The van der Waals surface area contributed by atoms with E-state index in [1.54, 1.807) is 17.3 Å². The first-order valence-electron chi connectivity index (χ1n) is 6.43. The van der Waals surface area contributed by atoms with Gasteiger partial charge in [-0.1, -0.05) is 0 Å². The highest BCUT2D eigenvalue weighted by atomic mass is 16.6. The molecule has 1 aromatic rings. The quantitative estimate of drug-likeness (QED) is 0.883. The number of anilines is 1. The molecule has 1 aromatic heterocycles. The number of rotatable bonds is 2. The van der Waals surface area contributed by atoms with Crippen LogP contribution in [-0.2, 0) is 4.74 Å². The molecule has 19 heavy (non-hydrogen) atoms. The maximum atomic E-state index is 11.9. The van der Waals surface area contributed by atoms with E-state index in [1.165, 1.54) is 6.33 Å². The number of nitrogens with zero attached hydrogens (tertiary/aromatic N) is 3. The molecule has 2 heterocycles. The Morgan fingerprint density at radius 2 is 2.11 bits per heavy atom. The highest BCUT2D eigenvalue weighted by Crippen LogP contribution is 2.17. The minimum absolute atomic E-state index is 0.221. The average molecular weight is 264 g/mol. The number of amides is 1. The first kappa shape index (κ1) is 13.6. The van der Waals surface area contributed by atoms with Gasteiger partial charge in [0, 0.05) is 19.1 Å². The van der Waals surface area contributed by atoms with Crippen LogP contribution < -0.4 is 5.32 Å². The molecular weight excluding hydrogens is 244 g/mol. The monoisotopic (exact) mass is 264 g/mol. The van der Waals surface area contributed by atoms with Gasteiger partial charge in [-0.15, -0.1) is 0 Å². The van der Waals surface area contributed by atoms with E-state index < -0.39 is 5.60 Å². The van der Waals surface area contributed by atoms with Gasteiger partial charge in [-0.25, -0.2) is 14.8 Å². The van der Waals surface area contributed by atoms with E-state index in [9.17, 15) is 4.79 Å². The standard InChI is InChI=1S/C13H20N4O2/c1-13(2,3)19-12(18)17-5-4-10(8-17)16-11-6-14-9-15-7-11/h6-7,9-10,16H,4-5,8H2,1-3H3. The third-order valence-corrected chi connectivity index (χ3v) is 2.77. The summed E-state index contributed by atoms with van der Waals surface area (Å²) in [5.74, 6) is 0. The Labute approximate surface area is 113 Å². The fourth-order valence-corrected chi connectivity index (χ4v) is 1.98. The van der Waals surface area contributed by atoms with Crippen LogP contribution in [0.1, 0.15) is 27.2 Å². The zero-order valence-electron chi connectivity index (χ0n) is 11.6. The van der Waals surface area contributed by atoms with E-state index in [1.807, 2.05) is 20.8 Å². The largest absolute Gasteiger partial charge is 0.444 e. The predicted molar refractivity (Wildman–Crippen MR) is 71.9 cm³/mol. The number of likely N-dealkylation sites (tertiary alicyclic amines) is 1. The van der Waals surface area contributed by atoms with E-state index in [0.29, 0.717) is 13.1 Å². The van der Waals surface area contributed by atoms with E-state index in [0.717, 1.165) is 12.1 Å². The van der Waals surface area contributed by atoms with E-state index in [4.69, 9.17) is 4.74 Å². The predicted octanol–water partition coefficient (Wildman–Crippen LogP) is 1.90. The van der Waals surface area contributed by atoms with Crippen LogP contribution in [0.2, 0.25) is 0 Å². The Kier molecular flexibility index (Phi) is 3.87. The molecule has 1 fully saturated rings. The Hall–Kier alpha value is -1.85. The molecule has 0 bridgehead atoms. The number of nitrogens with one attached hydrogen (secondary N) is 1. The van der Waals surface area contributed by atoms with Crippen molar-refractivity contribution >= 4 is 11.8 Å². The number of hydrogen-bond donors (Lipinski definition) is 1. The summed E-state index contributed by atoms with van der Waals surface area (Å²) in [6.45, 7) is 6.97. The van der Waals surface area contributed by atoms with Crippen LogP contribution in [0.3, 0.4) is 0 Å². The summed E-state index contributed by atoms with van der Waals surface area (Å²) in [6.07, 6.45) is 5.59. The van der Waals surface area contributed by atoms with Crippen molar-refractivity contribution in [3.05, 3.63) is 18.7 Å². The van der Waals surface area contributed by atoms with E-state index >= 15 is 0 Å². The van der Waals surface area contributed by atoms with Crippen LogP contribution >= 0.6 is 0 Å². The summed E-state index contributed by atoms with van der Waals surface area (Å²) < 4.78 is 5.35. The van der Waals surface area contributed by atoms with Crippen molar-refractivity contribution in [1.82, 2.24) is 14.9 Å². The lowest BCUT2D eigenvalue weighted by atomic mass is 10.2. The SMILES string of the molecule is CC(C)(C)OC(=O)N1CCC(Nc2cncnc2)C1. The van der Waals surface area contributed by atoms with Gasteiger partial charge in [0.2, 0.25) is 0 Å². The van der Waals surface area contributed by atoms with Gasteiger partial charge in [-0.05, 0) is 27.2 Å². The number of carbonyl (C=O) groups is 1. The van der Waals surface area contributed by atoms with Crippen LogP contribution in [0.5, 0.6) is 0 Å². The van der Waals surface area contributed by atoms with Crippen LogP contribution in [-0.4, -0.2) is 45.7 Å². The lowest BCUT2D eigenvalue weighted by Gasteiger charge is -2.24. The summed E-state index contributed by atoms with van der Waals surface area (Å²) >= 11 is 0. The fourth-order valence-electron chi connectivity index (χ4n) is 1.98. The van der Waals surface area contributed by atoms with Gasteiger partial charge >= 0.3 is 6.09 Å². The molecule has 1 saturated heterocycles. The van der Waals surface area contributed by atoms with Crippen molar-refractivity contribution in [2.24, 2.45) is 0 Å². The lowest BCUT2D eigenvalue weighted by molar-refractivity contribution is 0.0293. The van der Waals surface area contributed by atoms with Crippen LogP contribution in [0.4, 0.5) is 10.5 Å². The minimum atomic E-state index is -0.449. The minimum Gasteiger partial charge on any atom is -0.444 e. The lowest BCUT2D eigenvalue weighted by Crippen LogP contribution is -2.36. The zero-order valence-corrected chi connectivity index (χ0v) is 11.6. The summed E-state index contributed by atoms with van der Waals surface area (Å²) in [5, 5.41) is 3.31. The molecule has 0 saturated carbocycles. The van der Waals surface area contributed by atoms with Gasteiger partial charge in [-0.2, -0.15) is 0 Å². The second-order valence-corrected chi connectivity index (χ2v) is 5.68. The molecule has 1 atom stereocenters. The first-order chi connectivity index (χ1) is 8.94. The number of carbonyl (C=O) groups excluding carboxylic acids is 1. The molecule has 1 aliphatic rings. The Balaban J connectivity index is 1.85. The van der Waals surface area contributed by atoms with E-state index in [-0.39, 0.29) is 12.1 Å². The van der Waals surface area contributed by atoms with Gasteiger partial charge in [0.1, 0.15) is 11.9 Å². The number of aromatic nitrogens is 2. The normalized spacial score (nSPS) is 19.3. The summed E-state index contributed by atoms with van der Waals surface area (Å²) in [6, 6.07) is 0.221. The second kappa shape index (κ2) is 5.42. The van der Waals surface area contributed by atoms with Crippen LogP contribution in [0.15, 0.2) is 18.7 Å². The molecule has 0 aromatic carbocycles. The zero-order chi connectivity index (χ0) is 13.9. The molecule has 1 N–H and O–H groups in total. The Bertz CT molecular complexity index is 430. The van der Waals surface area contributed by atoms with Crippen molar-refractivity contribution in [1.29, 1.82) is 0 Å². The first-order valence-corrected chi connectivity index (χ1v) is 6.43. The maximum absolute atomic E-state index is 11.9. The van der Waals surface area contributed by atoms with Crippen LogP contribution in [0.25, 0.3) is 0 Å². The average Bonchev–Trinajstić information content (AvgIpc) is 2.77. The number of ether oxygens (including phenoxy) is 1. The summed E-state index contributed by atoms with van der Waals surface area (Å²) in [4.78, 5) is 21.5. The molecule has 6 heteroatoms. The molecular formula is C13H20N4O2. The summed E-state index contributed by atoms with van der Waals surface area (Å²) in [5.41, 5.74) is 0.425. The Morgan fingerprint density at radius 3 is 2.74 bits per heavy atom. The molecule has 1 aliphatic heterocycles. The number of hydrogen-bond acceptors (Lipinski definition) is 5. The molecule has 0 aliphatic carbocycles. The molecule has 1 amide bonds. The second-order valence-electron chi connectivity index (χ2n) is 5.68. The molecule has 0 radical (unpaired) electrons. The van der Waals surface area contributed by atoms with Crippen molar-refractivity contribution in [2.45, 2.75) is 38.8 Å². The summed E-state index contributed by atoms with van der Waals surface area (Å²) in [7, 11) is 0. The van der Waals surface area contributed by atoms with Gasteiger partial charge in [0.25, 0.3) is 0 Å². The smallest absolute Gasteiger partial charge is 0.410 e. The van der Waals surface area contributed by atoms with E-state index in [2.05, 4.69) is 15.3 Å². The fraction of sp³-hybridized carbons (Fsp3) is 0.615. The van der Waals surface area contributed by atoms with Gasteiger partial charge in [0.05, 0.1) is 18.1 Å². The molecule has 2 rings (SSSR count). The van der Waals surface area contributed by atoms with Gasteiger partial charge < -0.3 is 15.0 Å². The Morgan fingerprint density at radius 1 is 1.42 bits per heavy atom. The molecule has 104 valence electrons. The van der Waals surface area contributed by atoms with Gasteiger partial charge in [0.15, 0.2) is 0 Å².